The van der Waals surface area contributed by atoms with Crippen molar-refractivity contribution in [3.63, 3.8) is 0 Å². The molecule has 0 aliphatic heterocycles. The van der Waals surface area contributed by atoms with Crippen LogP contribution in [0.4, 0.5) is 5.82 Å². The summed E-state index contributed by atoms with van der Waals surface area (Å²) in [4.78, 5) is 21.5. The molecule has 0 saturated heterocycles. The fraction of sp³-hybridized carbons (Fsp3) is 0.500. The molecule has 0 radical (unpaired) electrons. The van der Waals surface area contributed by atoms with Crippen LogP contribution in [0.1, 0.15) is 36.7 Å². The predicted octanol–water partition coefficient (Wildman–Crippen LogP) is 1.32. The molecule has 1 aromatic rings. The molecule has 0 aromatic carbocycles. The predicted molar refractivity (Wildman–Crippen MR) is 67.9 cm³/mol. The summed E-state index contributed by atoms with van der Waals surface area (Å²) >= 11 is 0. The molecular formula is C12H17N3O4. The van der Waals surface area contributed by atoms with E-state index < -0.39 is 11.9 Å². The monoisotopic (exact) mass is 267 g/mol. The fourth-order valence-electron chi connectivity index (χ4n) is 1.51. The summed E-state index contributed by atoms with van der Waals surface area (Å²) < 4.78 is 4.52. The summed E-state index contributed by atoms with van der Waals surface area (Å²) in [5, 5.41) is 19.2. The van der Waals surface area contributed by atoms with Crippen LogP contribution in [0.5, 0.6) is 0 Å². The second-order valence-electron chi connectivity index (χ2n) is 4.13. The third-order valence-electron chi connectivity index (χ3n) is 2.48. The Bertz CT molecular complexity index is 433. The zero-order valence-corrected chi connectivity index (χ0v) is 10.9. The summed E-state index contributed by atoms with van der Waals surface area (Å²) in [5.41, 5.74) is 0.145. The van der Waals surface area contributed by atoms with Crippen LogP contribution in [-0.2, 0) is 9.53 Å². The molecule has 19 heavy (non-hydrogen) atoms. The molecule has 0 aliphatic rings. The lowest BCUT2D eigenvalue weighted by molar-refractivity contribution is -0.137. The standard InChI is InChI=1S/C12H17N3O4/c1-8(4-3-5-11(16)17)13-10-7-6-9(14-15-10)12(18)19-2/h6-8H,3-5H2,1-2H3,(H,13,15)(H,16,17). The van der Waals surface area contributed by atoms with Gasteiger partial charge in [-0.25, -0.2) is 4.79 Å². The summed E-state index contributed by atoms with van der Waals surface area (Å²) in [5.74, 6) is -0.793. The van der Waals surface area contributed by atoms with E-state index in [1.165, 1.54) is 13.2 Å². The number of carbonyl (C=O) groups excluding carboxylic acids is 1. The SMILES string of the molecule is COC(=O)c1ccc(NC(C)CCCC(=O)O)nn1. The third kappa shape index (κ3) is 5.33. The van der Waals surface area contributed by atoms with Crippen molar-refractivity contribution in [1.82, 2.24) is 10.2 Å². The number of aromatic nitrogens is 2. The number of carbonyl (C=O) groups is 2. The molecule has 1 heterocycles. The Morgan fingerprint density at radius 2 is 2.16 bits per heavy atom. The first-order valence-electron chi connectivity index (χ1n) is 5.93. The van der Waals surface area contributed by atoms with E-state index in [-0.39, 0.29) is 18.2 Å². The highest BCUT2D eigenvalue weighted by Gasteiger charge is 2.09. The molecular weight excluding hydrogens is 250 g/mol. The van der Waals surface area contributed by atoms with Gasteiger partial charge in [-0.1, -0.05) is 0 Å². The Morgan fingerprint density at radius 1 is 1.42 bits per heavy atom. The number of carboxylic acid groups (broad SMARTS) is 1. The Labute approximate surface area is 111 Å². The normalized spacial score (nSPS) is 11.7. The first kappa shape index (κ1) is 14.9. The minimum absolute atomic E-state index is 0.0811. The fourth-order valence-corrected chi connectivity index (χ4v) is 1.51. The molecule has 7 heteroatoms. The van der Waals surface area contributed by atoms with E-state index in [9.17, 15) is 9.59 Å². The number of nitrogens with one attached hydrogen (secondary N) is 1. The maximum absolute atomic E-state index is 11.2. The molecule has 0 spiro atoms. The number of esters is 1. The minimum atomic E-state index is -0.797. The van der Waals surface area contributed by atoms with Gasteiger partial charge in [0.05, 0.1) is 7.11 Å². The number of anilines is 1. The molecule has 0 saturated carbocycles. The van der Waals surface area contributed by atoms with E-state index >= 15 is 0 Å². The van der Waals surface area contributed by atoms with Gasteiger partial charge in [0.1, 0.15) is 5.82 Å². The quantitative estimate of drug-likeness (QED) is 0.718. The van der Waals surface area contributed by atoms with Crippen molar-refractivity contribution >= 4 is 17.8 Å². The number of aliphatic carboxylic acids is 1. The second kappa shape index (κ2) is 7.30. The highest BCUT2D eigenvalue weighted by Crippen LogP contribution is 2.08. The topological polar surface area (TPSA) is 101 Å². The Balaban J connectivity index is 2.44. The second-order valence-corrected chi connectivity index (χ2v) is 4.13. The lowest BCUT2D eigenvalue weighted by atomic mass is 10.1. The van der Waals surface area contributed by atoms with Crippen molar-refractivity contribution in [1.29, 1.82) is 0 Å². The molecule has 1 atom stereocenters. The smallest absolute Gasteiger partial charge is 0.358 e. The molecule has 0 fully saturated rings. The highest BCUT2D eigenvalue weighted by molar-refractivity contribution is 5.86. The molecule has 1 rings (SSSR count). The number of hydrogen-bond donors (Lipinski definition) is 2. The maximum Gasteiger partial charge on any atom is 0.358 e. The number of nitrogens with zero attached hydrogens (tertiary/aromatic N) is 2. The van der Waals surface area contributed by atoms with Crippen molar-refractivity contribution in [3.05, 3.63) is 17.8 Å². The van der Waals surface area contributed by atoms with Crippen LogP contribution in [0.3, 0.4) is 0 Å². The van der Waals surface area contributed by atoms with Gasteiger partial charge in [-0.2, -0.15) is 0 Å². The first-order chi connectivity index (χ1) is 9.02. The molecule has 1 unspecified atom stereocenters. The van der Waals surface area contributed by atoms with Crippen LogP contribution in [-0.4, -0.2) is 40.4 Å². The van der Waals surface area contributed by atoms with Gasteiger partial charge in [-0.3, -0.25) is 4.79 Å². The van der Waals surface area contributed by atoms with Crippen LogP contribution in [0.15, 0.2) is 12.1 Å². The van der Waals surface area contributed by atoms with E-state index in [0.717, 1.165) is 0 Å². The van der Waals surface area contributed by atoms with Crippen LogP contribution in [0, 0.1) is 0 Å². The lowest BCUT2D eigenvalue weighted by Crippen LogP contribution is -2.17. The van der Waals surface area contributed by atoms with Crippen molar-refractivity contribution in [3.8, 4) is 0 Å². The summed E-state index contributed by atoms with van der Waals surface area (Å²) in [6.45, 7) is 1.93. The van der Waals surface area contributed by atoms with Gasteiger partial charge in [-0.05, 0) is 31.9 Å². The number of carboxylic acids is 1. The molecule has 104 valence electrons. The van der Waals surface area contributed by atoms with Crippen molar-refractivity contribution in [2.45, 2.75) is 32.2 Å². The van der Waals surface area contributed by atoms with Crippen LogP contribution < -0.4 is 5.32 Å². The summed E-state index contributed by atoms with van der Waals surface area (Å²) in [6, 6.07) is 3.23. The maximum atomic E-state index is 11.2. The van der Waals surface area contributed by atoms with E-state index in [0.29, 0.717) is 18.7 Å². The zero-order chi connectivity index (χ0) is 14.3. The van der Waals surface area contributed by atoms with Gasteiger partial charge >= 0.3 is 11.9 Å². The van der Waals surface area contributed by atoms with E-state index in [1.54, 1.807) is 6.07 Å². The van der Waals surface area contributed by atoms with Crippen LogP contribution in [0.2, 0.25) is 0 Å². The van der Waals surface area contributed by atoms with Crippen LogP contribution >= 0.6 is 0 Å². The van der Waals surface area contributed by atoms with Crippen molar-refractivity contribution in [2.75, 3.05) is 12.4 Å². The summed E-state index contributed by atoms with van der Waals surface area (Å²) in [6.07, 6.45) is 1.46. The van der Waals surface area contributed by atoms with Gasteiger partial charge in [0.15, 0.2) is 5.69 Å². The van der Waals surface area contributed by atoms with Gasteiger partial charge in [-0.15, -0.1) is 10.2 Å². The van der Waals surface area contributed by atoms with E-state index in [4.69, 9.17) is 5.11 Å². The number of ether oxygens (including phenoxy) is 1. The Morgan fingerprint density at radius 3 is 2.68 bits per heavy atom. The molecule has 0 aliphatic carbocycles. The van der Waals surface area contributed by atoms with E-state index in [1.807, 2.05) is 6.92 Å². The van der Waals surface area contributed by atoms with Crippen molar-refractivity contribution < 1.29 is 19.4 Å². The minimum Gasteiger partial charge on any atom is -0.481 e. The van der Waals surface area contributed by atoms with Crippen molar-refractivity contribution in [2.24, 2.45) is 0 Å². The molecule has 2 N–H and O–H groups in total. The number of rotatable bonds is 7. The first-order valence-corrected chi connectivity index (χ1v) is 5.93. The molecule has 7 nitrogen and oxygen atoms in total. The lowest BCUT2D eigenvalue weighted by Gasteiger charge is -2.13. The zero-order valence-electron chi connectivity index (χ0n) is 10.9. The largest absolute Gasteiger partial charge is 0.481 e. The average molecular weight is 267 g/mol. The Kier molecular flexibility index (Phi) is 5.72. The van der Waals surface area contributed by atoms with Gasteiger partial charge in [0.25, 0.3) is 0 Å². The molecule has 0 bridgehead atoms. The molecule has 0 amide bonds. The number of methoxy groups -OCH3 is 1. The van der Waals surface area contributed by atoms with Gasteiger partial charge in [0.2, 0.25) is 0 Å². The molecule has 1 aromatic heterocycles. The van der Waals surface area contributed by atoms with Crippen LogP contribution in [0.25, 0.3) is 0 Å². The number of hydrogen-bond acceptors (Lipinski definition) is 6. The third-order valence-corrected chi connectivity index (χ3v) is 2.48. The van der Waals surface area contributed by atoms with Gasteiger partial charge < -0.3 is 15.2 Å². The average Bonchev–Trinajstić information content (AvgIpc) is 2.38. The highest BCUT2D eigenvalue weighted by atomic mass is 16.5. The Hall–Kier alpha value is -2.18. The van der Waals surface area contributed by atoms with E-state index in [2.05, 4.69) is 20.3 Å². The van der Waals surface area contributed by atoms with Gasteiger partial charge in [0, 0.05) is 12.5 Å². The summed E-state index contributed by atoms with van der Waals surface area (Å²) in [7, 11) is 1.28.